The monoisotopic (exact) mass is 333 g/mol. The van der Waals surface area contributed by atoms with Crippen LogP contribution in [0, 0.1) is 0 Å². The first-order chi connectivity index (χ1) is 11.1. The highest BCUT2D eigenvalue weighted by molar-refractivity contribution is 7.90. The van der Waals surface area contributed by atoms with Gasteiger partial charge >= 0.3 is 0 Å². The van der Waals surface area contributed by atoms with Crippen molar-refractivity contribution >= 4 is 15.8 Å². The minimum atomic E-state index is -3.42. The van der Waals surface area contributed by atoms with Crippen LogP contribution in [0.25, 0.3) is 0 Å². The van der Waals surface area contributed by atoms with Crippen molar-refractivity contribution < 1.29 is 13.2 Å². The van der Waals surface area contributed by atoms with Gasteiger partial charge < -0.3 is 9.64 Å². The van der Waals surface area contributed by atoms with Gasteiger partial charge in [-0.2, -0.15) is 0 Å². The van der Waals surface area contributed by atoms with Crippen molar-refractivity contribution in [3.63, 3.8) is 0 Å². The van der Waals surface area contributed by atoms with Gasteiger partial charge in [-0.25, -0.2) is 18.4 Å². The van der Waals surface area contributed by atoms with Crippen molar-refractivity contribution in [3.05, 3.63) is 42.2 Å². The average Bonchev–Trinajstić information content (AvgIpc) is 3.10. The van der Waals surface area contributed by atoms with Crippen LogP contribution in [0.2, 0.25) is 0 Å². The van der Waals surface area contributed by atoms with Crippen molar-refractivity contribution in [1.29, 1.82) is 0 Å². The Hall–Kier alpha value is -2.15. The Kier molecular flexibility index (Phi) is 4.47. The molecule has 0 saturated carbocycles. The number of sulfone groups is 1. The molecule has 1 fully saturated rings. The maximum atomic E-state index is 12.4. The number of rotatable bonds is 5. The Bertz CT molecular complexity index is 752. The van der Waals surface area contributed by atoms with Crippen LogP contribution >= 0.6 is 0 Å². The molecule has 0 amide bonds. The minimum absolute atomic E-state index is 0.111. The standard InChI is InChI=1S/C16H19N3O3S/c1-22-14-4-6-15(7-5-14)23(20,21)12-13-10-17-16(18-11-13)19-8-2-3-9-19/h4-7,10-11H,2-3,8-9,12H2,1H3. The molecule has 1 aromatic carbocycles. The predicted octanol–water partition coefficient (Wildman–Crippen LogP) is 2.06. The summed E-state index contributed by atoms with van der Waals surface area (Å²) in [5.41, 5.74) is 0.587. The maximum Gasteiger partial charge on any atom is 0.225 e. The number of ether oxygens (including phenoxy) is 1. The summed E-state index contributed by atoms with van der Waals surface area (Å²) in [6.45, 7) is 1.92. The van der Waals surface area contributed by atoms with Gasteiger partial charge in [-0.3, -0.25) is 0 Å². The first-order valence-corrected chi connectivity index (χ1v) is 9.16. The molecule has 0 spiro atoms. The summed E-state index contributed by atoms with van der Waals surface area (Å²) in [4.78, 5) is 11.0. The predicted molar refractivity (Wildman–Crippen MR) is 87.4 cm³/mol. The number of hydrogen-bond donors (Lipinski definition) is 0. The zero-order valence-electron chi connectivity index (χ0n) is 13.0. The van der Waals surface area contributed by atoms with E-state index in [4.69, 9.17) is 4.74 Å². The fourth-order valence-electron chi connectivity index (χ4n) is 2.59. The van der Waals surface area contributed by atoms with E-state index < -0.39 is 9.84 Å². The summed E-state index contributed by atoms with van der Waals surface area (Å²) in [5.74, 6) is 1.19. The van der Waals surface area contributed by atoms with Crippen LogP contribution in [0.4, 0.5) is 5.95 Å². The zero-order chi connectivity index (χ0) is 16.3. The topological polar surface area (TPSA) is 72.4 Å². The number of methoxy groups -OCH3 is 1. The molecule has 7 heteroatoms. The highest BCUT2D eigenvalue weighted by atomic mass is 32.2. The van der Waals surface area contributed by atoms with Crippen molar-refractivity contribution in [1.82, 2.24) is 9.97 Å². The van der Waals surface area contributed by atoms with E-state index in [2.05, 4.69) is 14.9 Å². The number of hydrogen-bond acceptors (Lipinski definition) is 6. The molecule has 0 N–H and O–H groups in total. The number of nitrogens with zero attached hydrogens (tertiary/aromatic N) is 3. The van der Waals surface area contributed by atoms with Crippen molar-refractivity contribution in [3.8, 4) is 5.75 Å². The lowest BCUT2D eigenvalue weighted by atomic mass is 10.3. The minimum Gasteiger partial charge on any atom is -0.497 e. The summed E-state index contributed by atoms with van der Waals surface area (Å²) in [6, 6.07) is 6.38. The Morgan fingerprint density at radius 3 is 2.26 bits per heavy atom. The van der Waals surface area contributed by atoms with Crippen molar-refractivity contribution in [2.24, 2.45) is 0 Å². The molecule has 1 aliphatic heterocycles. The summed E-state index contributed by atoms with van der Waals surface area (Å²) in [6.07, 6.45) is 5.50. The molecule has 6 nitrogen and oxygen atoms in total. The van der Waals surface area contributed by atoms with Crippen molar-refractivity contribution in [2.45, 2.75) is 23.5 Å². The zero-order valence-corrected chi connectivity index (χ0v) is 13.8. The molecule has 1 aliphatic rings. The van der Waals surface area contributed by atoms with E-state index in [-0.39, 0.29) is 10.6 Å². The van der Waals surface area contributed by atoms with E-state index in [1.807, 2.05) is 0 Å². The summed E-state index contributed by atoms with van der Waals surface area (Å²) in [7, 11) is -1.87. The largest absolute Gasteiger partial charge is 0.497 e. The molecule has 0 unspecified atom stereocenters. The number of aromatic nitrogens is 2. The maximum absolute atomic E-state index is 12.4. The summed E-state index contributed by atoms with van der Waals surface area (Å²) >= 11 is 0. The summed E-state index contributed by atoms with van der Waals surface area (Å²) in [5, 5.41) is 0. The van der Waals surface area contributed by atoms with E-state index in [0.717, 1.165) is 25.9 Å². The van der Waals surface area contributed by atoms with Gasteiger partial charge in [0.1, 0.15) is 5.75 Å². The highest BCUT2D eigenvalue weighted by Gasteiger charge is 2.18. The van der Waals surface area contributed by atoms with Gasteiger partial charge in [0.15, 0.2) is 9.84 Å². The van der Waals surface area contributed by atoms with Gasteiger partial charge in [-0.1, -0.05) is 0 Å². The van der Waals surface area contributed by atoms with Crippen LogP contribution in [0.5, 0.6) is 5.75 Å². The smallest absolute Gasteiger partial charge is 0.225 e. The molecule has 122 valence electrons. The van der Waals surface area contributed by atoms with Crippen molar-refractivity contribution in [2.75, 3.05) is 25.1 Å². The SMILES string of the molecule is COc1ccc(S(=O)(=O)Cc2cnc(N3CCCC3)nc2)cc1. The lowest BCUT2D eigenvalue weighted by Crippen LogP contribution is -2.20. The second-order valence-electron chi connectivity index (χ2n) is 5.52. The first kappa shape index (κ1) is 15.7. The molecule has 0 radical (unpaired) electrons. The van der Waals surface area contributed by atoms with Crippen LogP contribution in [0.15, 0.2) is 41.6 Å². The van der Waals surface area contributed by atoms with Gasteiger partial charge in [0.2, 0.25) is 5.95 Å². The van der Waals surface area contributed by atoms with Gasteiger partial charge in [0, 0.05) is 31.0 Å². The quantitative estimate of drug-likeness (QED) is 0.834. The second-order valence-corrected chi connectivity index (χ2v) is 7.51. The number of anilines is 1. The Morgan fingerprint density at radius 2 is 1.70 bits per heavy atom. The molecule has 1 saturated heterocycles. The van der Waals surface area contributed by atoms with E-state index in [9.17, 15) is 8.42 Å². The number of benzene rings is 1. The van der Waals surface area contributed by atoms with Gasteiger partial charge in [-0.05, 0) is 37.1 Å². The third kappa shape index (κ3) is 3.61. The molecule has 0 atom stereocenters. The van der Waals surface area contributed by atoms with Gasteiger partial charge in [0.05, 0.1) is 17.8 Å². The lowest BCUT2D eigenvalue weighted by Gasteiger charge is -2.14. The molecule has 2 aromatic rings. The average molecular weight is 333 g/mol. The molecule has 23 heavy (non-hydrogen) atoms. The third-order valence-electron chi connectivity index (χ3n) is 3.86. The molecular formula is C16H19N3O3S. The van der Waals surface area contributed by atoms with Crippen LogP contribution < -0.4 is 9.64 Å². The lowest BCUT2D eigenvalue weighted by molar-refractivity contribution is 0.414. The third-order valence-corrected chi connectivity index (χ3v) is 5.56. The van der Waals surface area contributed by atoms with Gasteiger partial charge in [-0.15, -0.1) is 0 Å². The Labute approximate surface area is 136 Å². The first-order valence-electron chi connectivity index (χ1n) is 7.51. The van der Waals surface area contributed by atoms with Crippen LogP contribution in [-0.4, -0.2) is 38.6 Å². The normalized spacial score (nSPS) is 14.9. The Morgan fingerprint density at radius 1 is 1.09 bits per heavy atom. The fourth-order valence-corrected chi connectivity index (χ4v) is 3.89. The molecule has 3 rings (SSSR count). The summed E-state index contributed by atoms with van der Waals surface area (Å²) < 4.78 is 29.9. The van der Waals surface area contributed by atoms with Crippen LogP contribution in [-0.2, 0) is 15.6 Å². The van der Waals surface area contributed by atoms with E-state index in [0.29, 0.717) is 17.3 Å². The van der Waals surface area contributed by atoms with E-state index >= 15 is 0 Å². The highest BCUT2D eigenvalue weighted by Crippen LogP contribution is 2.20. The molecular weight excluding hydrogens is 314 g/mol. The molecule has 0 bridgehead atoms. The second kappa shape index (κ2) is 6.54. The van der Waals surface area contributed by atoms with E-state index in [1.165, 1.54) is 0 Å². The fraction of sp³-hybridized carbons (Fsp3) is 0.375. The van der Waals surface area contributed by atoms with Crippen LogP contribution in [0.3, 0.4) is 0 Å². The van der Waals surface area contributed by atoms with Crippen LogP contribution in [0.1, 0.15) is 18.4 Å². The van der Waals surface area contributed by atoms with E-state index in [1.54, 1.807) is 43.8 Å². The molecule has 0 aliphatic carbocycles. The van der Waals surface area contributed by atoms with Gasteiger partial charge in [0.25, 0.3) is 0 Å². The Balaban J connectivity index is 1.74. The molecule has 1 aromatic heterocycles. The molecule has 2 heterocycles.